The van der Waals surface area contributed by atoms with Crippen LogP contribution in [0.2, 0.25) is 0 Å². The Kier molecular flexibility index (Phi) is 8.81. The quantitative estimate of drug-likeness (QED) is 0.281. The Morgan fingerprint density at radius 3 is 2.29 bits per heavy atom. The van der Waals surface area contributed by atoms with Crippen LogP contribution >= 0.6 is 0 Å². The fourth-order valence-corrected chi connectivity index (χ4v) is 4.43. The zero-order valence-electron chi connectivity index (χ0n) is 21.5. The molecule has 1 aliphatic rings. The first-order chi connectivity index (χ1) is 18.5. The van der Waals surface area contributed by atoms with Crippen molar-refractivity contribution in [3.63, 3.8) is 0 Å². The second-order valence-electron chi connectivity index (χ2n) is 9.03. The largest absolute Gasteiger partial charge is 0.459 e. The van der Waals surface area contributed by atoms with Crippen LogP contribution in [0.3, 0.4) is 0 Å². The van der Waals surface area contributed by atoms with Gasteiger partial charge in [-0.2, -0.15) is 0 Å². The second-order valence-corrected chi connectivity index (χ2v) is 9.03. The van der Waals surface area contributed by atoms with E-state index in [4.69, 9.17) is 4.42 Å². The van der Waals surface area contributed by atoms with Crippen molar-refractivity contribution < 1.29 is 18.8 Å². The lowest BCUT2D eigenvalue weighted by atomic mass is 10.1. The van der Waals surface area contributed by atoms with Gasteiger partial charge in [0.25, 0.3) is 11.8 Å². The molecule has 1 fully saturated rings. The third kappa shape index (κ3) is 6.61. The molecule has 38 heavy (non-hydrogen) atoms. The van der Waals surface area contributed by atoms with Gasteiger partial charge < -0.3 is 30.2 Å². The van der Waals surface area contributed by atoms with E-state index < -0.39 is 0 Å². The van der Waals surface area contributed by atoms with Crippen LogP contribution in [0.15, 0.2) is 77.9 Å². The Labute approximate surface area is 222 Å². The minimum absolute atomic E-state index is 0.191. The van der Waals surface area contributed by atoms with Crippen LogP contribution in [0.25, 0.3) is 0 Å². The van der Waals surface area contributed by atoms with Gasteiger partial charge in [0, 0.05) is 50.5 Å². The van der Waals surface area contributed by atoms with Gasteiger partial charge in [-0.1, -0.05) is 24.8 Å². The number of nitrogens with one attached hydrogen (secondary N) is 3. The van der Waals surface area contributed by atoms with Crippen molar-refractivity contribution >= 4 is 34.8 Å². The van der Waals surface area contributed by atoms with Gasteiger partial charge in [0.1, 0.15) is 0 Å². The average molecular weight is 516 g/mol. The van der Waals surface area contributed by atoms with Crippen LogP contribution in [-0.4, -0.2) is 57.0 Å². The maximum atomic E-state index is 12.8. The molecule has 1 saturated heterocycles. The first-order valence-corrected chi connectivity index (χ1v) is 12.7. The maximum absolute atomic E-state index is 12.8. The molecule has 3 aromatic rings. The first kappa shape index (κ1) is 26.5. The fraction of sp³-hybridized carbons (Fsp3) is 0.276. The predicted molar refractivity (Wildman–Crippen MR) is 149 cm³/mol. The highest BCUT2D eigenvalue weighted by atomic mass is 16.3. The minimum atomic E-state index is -0.384. The van der Waals surface area contributed by atoms with Crippen LogP contribution in [0.1, 0.15) is 32.9 Å². The van der Waals surface area contributed by atoms with Gasteiger partial charge in [0.15, 0.2) is 5.76 Å². The van der Waals surface area contributed by atoms with Gasteiger partial charge in [-0.25, -0.2) is 0 Å². The summed E-state index contributed by atoms with van der Waals surface area (Å²) in [6.45, 7) is 9.55. The molecule has 1 aromatic heterocycles. The Hall–Kier alpha value is -4.53. The molecule has 0 atom stereocenters. The normalized spacial score (nSPS) is 13.1. The number of hydrogen-bond acceptors (Lipinski definition) is 6. The lowest BCUT2D eigenvalue weighted by molar-refractivity contribution is -0.116. The van der Waals surface area contributed by atoms with E-state index in [2.05, 4.69) is 57.5 Å². The molecule has 3 N–H and O–H groups in total. The summed E-state index contributed by atoms with van der Waals surface area (Å²) >= 11 is 0. The van der Waals surface area contributed by atoms with E-state index in [0.29, 0.717) is 30.8 Å². The third-order valence-electron chi connectivity index (χ3n) is 6.45. The molecule has 4 rings (SSSR count). The molecule has 0 bridgehead atoms. The number of furan rings is 1. The molecule has 0 unspecified atom stereocenters. The SMILES string of the molecule is C=CC(=O)NCCCNC(=O)c1ccc(N2CCN(c3ccccc3C)CC2)c(NC(=O)c2ccco2)c1. The van der Waals surface area contributed by atoms with Gasteiger partial charge in [-0.15, -0.1) is 0 Å². The number of carbonyl (C=O) groups excluding carboxylic acids is 3. The predicted octanol–water partition coefficient (Wildman–Crippen LogP) is 3.59. The van der Waals surface area contributed by atoms with Crippen LogP contribution in [0.5, 0.6) is 0 Å². The summed E-state index contributed by atoms with van der Waals surface area (Å²) in [6, 6.07) is 16.9. The summed E-state index contributed by atoms with van der Waals surface area (Å²) in [6.07, 6.45) is 3.24. The molecule has 198 valence electrons. The Bertz CT molecular complexity index is 1280. The van der Waals surface area contributed by atoms with Gasteiger partial charge in [-0.05, 0) is 61.4 Å². The fourth-order valence-electron chi connectivity index (χ4n) is 4.43. The van der Waals surface area contributed by atoms with Crippen molar-refractivity contribution in [1.82, 2.24) is 10.6 Å². The van der Waals surface area contributed by atoms with Crippen molar-refractivity contribution in [2.45, 2.75) is 13.3 Å². The number of hydrogen-bond donors (Lipinski definition) is 3. The van der Waals surface area contributed by atoms with Gasteiger partial charge in [0.2, 0.25) is 5.91 Å². The highest BCUT2D eigenvalue weighted by Gasteiger charge is 2.23. The zero-order valence-corrected chi connectivity index (χ0v) is 21.5. The molecule has 0 spiro atoms. The smallest absolute Gasteiger partial charge is 0.291 e. The van der Waals surface area contributed by atoms with E-state index in [1.807, 2.05) is 12.1 Å². The second kappa shape index (κ2) is 12.6. The van der Waals surface area contributed by atoms with E-state index in [0.717, 1.165) is 31.9 Å². The highest BCUT2D eigenvalue weighted by molar-refractivity contribution is 6.05. The Morgan fingerprint density at radius 2 is 1.61 bits per heavy atom. The van der Waals surface area contributed by atoms with E-state index in [-0.39, 0.29) is 23.5 Å². The topological polar surface area (TPSA) is 107 Å². The third-order valence-corrected chi connectivity index (χ3v) is 6.45. The maximum Gasteiger partial charge on any atom is 0.291 e. The molecule has 2 heterocycles. The number of aryl methyl sites for hydroxylation is 1. The van der Waals surface area contributed by atoms with Crippen molar-refractivity contribution in [1.29, 1.82) is 0 Å². The summed E-state index contributed by atoms with van der Waals surface area (Å²) in [5.41, 5.74) is 4.29. The molecule has 3 amide bonds. The van der Waals surface area contributed by atoms with Gasteiger partial charge in [0.05, 0.1) is 17.6 Å². The lowest BCUT2D eigenvalue weighted by Crippen LogP contribution is -2.47. The summed E-state index contributed by atoms with van der Waals surface area (Å²) < 4.78 is 5.26. The van der Waals surface area contributed by atoms with Crippen LogP contribution in [0.4, 0.5) is 17.1 Å². The number of rotatable bonds is 10. The number of benzene rings is 2. The number of carbonyl (C=O) groups is 3. The molecule has 9 nitrogen and oxygen atoms in total. The van der Waals surface area contributed by atoms with E-state index in [1.165, 1.54) is 23.6 Å². The molecule has 0 radical (unpaired) electrons. The van der Waals surface area contributed by atoms with E-state index in [1.54, 1.807) is 24.3 Å². The number of nitrogens with zero attached hydrogens (tertiary/aromatic N) is 2. The van der Waals surface area contributed by atoms with E-state index >= 15 is 0 Å². The van der Waals surface area contributed by atoms with Gasteiger partial charge >= 0.3 is 0 Å². The molecular formula is C29H33N5O4. The first-order valence-electron chi connectivity index (χ1n) is 12.7. The standard InChI is InChI=1S/C29H33N5O4/c1-3-27(35)30-13-7-14-31-28(36)22-11-12-25(23(20-22)32-29(37)26-10-6-19-38-26)34-17-15-33(16-18-34)24-9-5-4-8-21(24)2/h3-6,8-12,19-20H,1,7,13-18H2,2H3,(H,30,35)(H,31,36)(H,32,37). The van der Waals surface area contributed by atoms with Crippen molar-refractivity contribution in [3.8, 4) is 0 Å². The Balaban J connectivity index is 1.46. The summed E-state index contributed by atoms with van der Waals surface area (Å²) in [5.74, 6) is -0.699. The van der Waals surface area contributed by atoms with E-state index in [9.17, 15) is 14.4 Å². The highest BCUT2D eigenvalue weighted by Crippen LogP contribution is 2.30. The van der Waals surface area contributed by atoms with Crippen molar-refractivity contribution in [3.05, 3.63) is 90.4 Å². The monoisotopic (exact) mass is 515 g/mol. The number of anilines is 3. The van der Waals surface area contributed by atoms with Crippen molar-refractivity contribution in [2.75, 3.05) is 54.4 Å². The van der Waals surface area contributed by atoms with Crippen LogP contribution < -0.4 is 25.8 Å². The molecule has 1 aliphatic heterocycles. The lowest BCUT2D eigenvalue weighted by Gasteiger charge is -2.38. The van der Waals surface area contributed by atoms with Crippen LogP contribution in [0, 0.1) is 6.92 Å². The van der Waals surface area contributed by atoms with Gasteiger partial charge in [-0.3, -0.25) is 14.4 Å². The van der Waals surface area contributed by atoms with Crippen molar-refractivity contribution in [2.24, 2.45) is 0 Å². The number of piperazine rings is 1. The molecule has 9 heteroatoms. The minimum Gasteiger partial charge on any atom is -0.459 e. The van der Waals surface area contributed by atoms with Crippen LogP contribution in [-0.2, 0) is 4.79 Å². The average Bonchev–Trinajstić information content (AvgIpc) is 3.48. The summed E-state index contributed by atoms with van der Waals surface area (Å²) in [5, 5.41) is 8.46. The summed E-state index contributed by atoms with van der Waals surface area (Å²) in [7, 11) is 0. The number of para-hydroxylation sites is 1. The molecule has 0 saturated carbocycles. The number of amides is 3. The molecule has 0 aliphatic carbocycles. The molecule has 2 aromatic carbocycles. The zero-order chi connectivity index (χ0) is 26.9. The molecular weight excluding hydrogens is 482 g/mol. The summed E-state index contributed by atoms with van der Waals surface area (Å²) in [4.78, 5) is 41.5. The Morgan fingerprint density at radius 1 is 0.895 bits per heavy atom.